The second kappa shape index (κ2) is 9.98. The molecule has 11 heteroatoms. The Hall–Kier alpha value is -3.18. The first kappa shape index (κ1) is 25.4. The SMILES string of the molecule is CC(C)(C)NC(=O)CN1CCN(c2ccc(NS(=O)(=O)c3cccc(F)c3)cc2C(=O)O)CC1. The maximum Gasteiger partial charge on any atom is 0.337 e. The number of hydrogen-bond donors (Lipinski definition) is 3. The number of amides is 1. The molecule has 34 heavy (non-hydrogen) atoms. The molecule has 1 aliphatic rings. The molecule has 3 N–H and O–H groups in total. The second-order valence-electron chi connectivity index (χ2n) is 9.16. The van der Waals surface area contributed by atoms with Crippen molar-refractivity contribution in [3.63, 3.8) is 0 Å². The van der Waals surface area contributed by atoms with Gasteiger partial charge in [-0.2, -0.15) is 0 Å². The van der Waals surface area contributed by atoms with Crippen LogP contribution in [0.3, 0.4) is 0 Å². The van der Waals surface area contributed by atoms with E-state index in [2.05, 4.69) is 10.0 Å². The zero-order valence-corrected chi connectivity index (χ0v) is 20.2. The Balaban J connectivity index is 1.71. The van der Waals surface area contributed by atoms with Crippen LogP contribution in [-0.4, -0.2) is 68.6 Å². The molecule has 1 fully saturated rings. The van der Waals surface area contributed by atoms with Gasteiger partial charge >= 0.3 is 5.97 Å². The Morgan fingerprint density at radius 3 is 2.32 bits per heavy atom. The summed E-state index contributed by atoms with van der Waals surface area (Å²) in [5, 5.41) is 12.7. The number of carboxylic acids is 1. The molecular weight excluding hydrogens is 463 g/mol. The van der Waals surface area contributed by atoms with Crippen molar-refractivity contribution in [3.8, 4) is 0 Å². The van der Waals surface area contributed by atoms with E-state index in [1.165, 1.54) is 24.3 Å². The fraction of sp³-hybridized carbons (Fsp3) is 0.391. The number of aromatic carboxylic acids is 1. The number of nitrogens with one attached hydrogen (secondary N) is 2. The van der Waals surface area contributed by atoms with E-state index in [9.17, 15) is 27.5 Å². The lowest BCUT2D eigenvalue weighted by molar-refractivity contribution is -0.123. The van der Waals surface area contributed by atoms with Crippen molar-refractivity contribution in [1.29, 1.82) is 0 Å². The molecule has 1 saturated heterocycles. The average molecular weight is 493 g/mol. The molecular formula is C23H29FN4O5S. The van der Waals surface area contributed by atoms with Gasteiger partial charge in [-0.25, -0.2) is 17.6 Å². The minimum atomic E-state index is -4.09. The Morgan fingerprint density at radius 1 is 1.06 bits per heavy atom. The van der Waals surface area contributed by atoms with Gasteiger partial charge in [0.15, 0.2) is 0 Å². The first-order chi connectivity index (χ1) is 15.8. The molecule has 0 unspecified atom stereocenters. The van der Waals surface area contributed by atoms with E-state index in [-0.39, 0.29) is 34.1 Å². The Kier molecular flexibility index (Phi) is 7.47. The molecule has 2 aromatic rings. The van der Waals surface area contributed by atoms with Crippen LogP contribution in [0.2, 0.25) is 0 Å². The lowest BCUT2D eigenvalue weighted by atomic mass is 10.1. The van der Waals surface area contributed by atoms with Crippen molar-refractivity contribution in [2.75, 3.05) is 42.3 Å². The molecule has 0 saturated carbocycles. The largest absolute Gasteiger partial charge is 0.478 e. The topological polar surface area (TPSA) is 119 Å². The zero-order valence-electron chi connectivity index (χ0n) is 19.3. The molecule has 9 nitrogen and oxygen atoms in total. The molecule has 3 rings (SSSR count). The van der Waals surface area contributed by atoms with Crippen molar-refractivity contribution in [1.82, 2.24) is 10.2 Å². The number of nitrogens with zero attached hydrogens (tertiary/aromatic N) is 2. The molecule has 2 aromatic carbocycles. The highest BCUT2D eigenvalue weighted by Gasteiger charge is 2.25. The number of carbonyl (C=O) groups excluding carboxylic acids is 1. The fourth-order valence-corrected chi connectivity index (χ4v) is 4.78. The summed E-state index contributed by atoms with van der Waals surface area (Å²) in [5.41, 5.74) is 0.147. The van der Waals surface area contributed by atoms with E-state index in [4.69, 9.17) is 0 Å². The maximum atomic E-state index is 13.4. The smallest absolute Gasteiger partial charge is 0.337 e. The van der Waals surface area contributed by atoms with Crippen LogP contribution in [-0.2, 0) is 14.8 Å². The number of halogens is 1. The quantitative estimate of drug-likeness (QED) is 0.543. The molecule has 0 aromatic heterocycles. The summed E-state index contributed by atoms with van der Waals surface area (Å²) in [4.78, 5) is 27.7. The van der Waals surface area contributed by atoms with Gasteiger partial charge in [-0.1, -0.05) is 6.07 Å². The number of sulfonamides is 1. The third kappa shape index (κ3) is 6.67. The molecule has 0 radical (unpaired) electrons. The Bertz CT molecular complexity index is 1170. The number of piperazine rings is 1. The van der Waals surface area contributed by atoms with Gasteiger partial charge in [0.05, 0.1) is 22.7 Å². The molecule has 0 aliphatic carbocycles. The molecule has 1 aliphatic heterocycles. The maximum absolute atomic E-state index is 13.4. The van der Waals surface area contributed by atoms with Crippen LogP contribution in [0.5, 0.6) is 0 Å². The predicted octanol–water partition coefficient (Wildman–Crippen LogP) is 2.36. The lowest BCUT2D eigenvalue weighted by Gasteiger charge is -2.36. The van der Waals surface area contributed by atoms with Gasteiger partial charge in [0.25, 0.3) is 10.0 Å². The van der Waals surface area contributed by atoms with Crippen molar-refractivity contribution in [3.05, 3.63) is 53.8 Å². The van der Waals surface area contributed by atoms with E-state index in [0.29, 0.717) is 31.9 Å². The van der Waals surface area contributed by atoms with Gasteiger partial charge in [0.1, 0.15) is 5.82 Å². The fourth-order valence-electron chi connectivity index (χ4n) is 3.70. The van der Waals surface area contributed by atoms with Crippen LogP contribution >= 0.6 is 0 Å². The van der Waals surface area contributed by atoms with Gasteiger partial charge in [-0.15, -0.1) is 0 Å². The van der Waals surface area contributed by atoms with E-state index >= 15 is 0 Å². The summed E-state index contributed by atoms with van der Waals surface area (Å²) in [6.07, 6.45) is 0. The van der Waals surface area contributed by atoms with E-state index in [1.54, 1.807) is 6.07 Å². The minimum Gasteiger partial charge on any atom is -0.478 e. The summed E-state index contributed by atoms with van der Waals surface area (Å²) < 4.78 is 40.9. The number of anilines is 2. The van der Waals surface area contributed by atoms with Gasteiger partial charge in [-0.3, -0.25) is 14.4 Å². The van der Waals surface area contributed by atoms with Gasteiger partial charge in [-0.05, 0) is 57.2 Å². The summed E-state index contributed by atoms with van der Waals surface area (Å²) in [6, 6.07) is 8.82. The monoisotopic (exact) mass is 492 g/mol. The molecule has 1 heterocycles. The van der Waals surface area contributed by atoms with Crippen LogP contribution in [0, 0.1) is 5.82 Å². The van der Waals surface area contributed by atoms with E-state index in [1.807, 2.05) is 30.6 Å². The van der Waals surface area contributed by atoms with Crippen LogP contribution in [0.25, 0.3) is 0 Å². The van der Waals surface area contributed by atoms with Crippen molar-refractivity contribution < 1.29 is 27.5 Å². The number of rotatable bonds is 7. The third-order valence-electron chi connectivity index (χ3n) is 5.18. The first-order valence-electron chi connectivity index (χ1n) is 10.8. The van der Waals surface area contributed by atoms with Crippen molar-refractivity contribution in [2.24, 2.45) is 0 Å². The Morgan fingerprint density at radius 2 is 1.74 bits per heavy atom. The normalized spacial score (nSPS) is 15.1. The average Bonchev–Trinajstić information content (AvgIpc) is 2.72. The second-order valence-corrected chi connectivity index (χ2v) is 10.8. The highest BCUT2D eigenvalue weighted by molar-refractivity contribution is 7.92. The van der Waals surface area contributed by atoms with Crippen LogP contribution in [0.4, 0.5) is 15.8 Å². The molecule has 1 amide bonds. The summed E-state index contributed by atoms with van der Waals surface area (Å²) in [6.45, 7) is 8.18. The zero-order chi connectivity index (χ0) is 25.1. The predicted molar refractivity (Wildman–Crippen MR) is 127 cm³/mol. The van der Waals surface area contributed by atoms with Crippen molar-refractivity contribution in [2.45, 2.75) is 31.2 Å². The van der Waals surface area contributed by atoms with Crippen LogP contribution in [0.1, 0.15) is 31.1 Å². The summed E-state index contributed by atoms with van der Waals surface area (Å²) in [5.74, 6) is -1.96. The summed E-state index contributed by atoms with van der Waals surface area (Å²) >= 11 is 0. The Labute approximate surface area is 198 Å². The molecule has 0 atom stereocenters. The number of carbonyl (C=O) groups is 2. The van der Waals surface area contributed by atoms with E-state index in [0.717, 1.165) is 12.1 Å². The standard InChI is InChI=1S/C23H29FN4O5S/c1-23(2,3)25-21(29)15-27-9-11-28(12-10-27)20-8-7-17(14-19(20)22(30)31)26-34(32,33)18-6-4-5-16(24)13-18/h4-8,13-14,26H,9-12,15H2,1-3H3,(H,25,29)(H,30,31). The van der Waals surface area contributed by atoms with Gasteiger partial charge < -0.3 is 15.3 Å². The van der Waals surface area contributed by atoms with Crippen molar-refractivity contribution >= 4 is 33.3 Å². The molecule has 0 bridgehead atoms. The molecule has 184 valence electrons. The number of benzene rings is 2. The molecule has 0 spiro atoms. The van der Waals surface area contributed by atoms with E-state index < -0.39 is 21.8 Å². The first-order valence-corrected chi connectivity index (χ1v) is 12.3. The van der Waals surface area contributed by atoms with Gasteiger partial charge in [0.2, 0.25) is 5.91 Å². The summed E-state index contributed by atoms with van der Waals surface area (Å²) in [7, 11) is -4.09. The third-order valence-corrected chi connectivity index (χ3v) is 6.56. The highest BCUT2D eigenvalue weighted by atomic mass is 32.2. The minimum absolute atomic E-state index is 0.0571. The number of hydrogen-bond acceptors (Lipinski definition) is 6. The van der Waals surface area contributed by atoms with Crippen LogP contribution in [0.15, 0.2) is 47.4 Å². The van der Waals surface area contributed by atoms with Gasteiger partial charge in [0, 0.05) is 37.4 Å². The number of carboxylic acid groups (broad SMARTS) is 1. The lowest BCUT2D eigenvalue weighted by Crippen LogP contribution is -2.52. The highest BCUT2D eigenvalue weighted by Crippen LogP contribution is 2.27. The van der Waals surface area contributed by atoms with Crippen LogP contribution < -0.4 is 14.9 Å².